The Hall–Kier alpha value is -1.74. The van der Waals surface area contributed by atoms with Crippen molar-refractivity contribution in [3.8, 4) is 5.75 Å². The van der Waals surface area contributed by atoms with Gasteiger partial charge in [0.05, 0.1) is 11.5 Å². The number of ether oxygens (including phenoxy) is 2. The molecule has 0 spiro atoms. The number of para-hydroxylation sites is 2. The molecule has 1 fully saturated rings. The number of hydrogen-bond donors (Lipinski definition) is 3. The maximum atomic E-state index is 10.8. The van der Waals surface area contributed by atoms with Crippen molar-refractivity contribution in [1.29, 1.82) is 0 Å². The lowest BCUT2D eigenvalue weighted by molar-refractivity contribution is -0.386. The molecular formula is C11H13NO7. The van der Waals surface area contributed by atoms with Crippen LogP contribution < -0.4 is 4.74 Å². The Balaban J connectivity index is 2.15. The van der Waals surface area contributed by atoms with E-state index in [9.17, 15) is 25.4 Å². The number of rotatable bonds is 3. The van der Waals surface area contributed by atoms with E-state index in [1.165, 1.54) is 24.3 Å². The molecule has 0 aromatic heterocycles. The van der Waals surface area contributed by atoms with Gasteiger partial charge in [-0.25, -0.2) is 0 Å². The van der Waals surface area contributed by atoms with E-state index in [0.717, 1.165) is 0 Å². The lowest BCUT2D eigenvalue weighted by Gasteiger charge is -2.34. The fourth-order valence-electron chi connectivity index (χ4n) is 1.72. The summed E-state index contributed by atoms with van der Waals surface area (Å²) < 4.78 is 10.2. The number of hydrogen-bond acceptors (Lipinski definition) is 7. The Labute approximate surface area is 108 Å². The first-order valence-corrected chi connectivity index (χ1v) is 5.56. The summed E-state index contributed by atoms with van der Waals surface area (Å²) in [5.74, 6) is -0.0832. The van der Waals surface area contributed by atoms with Gasteiger partial charge in [0.1, 0.15) is 18.3 Å². The third-order valence-corrected chi connectivity index (χ3v) is 2.76. The van der Waals surface area contributed by atoms with Gasteiger partial charge in [-0.2, -0.15) is 0 Å². The van der Waals surface area contributed by atoms with Crippen molar-refractivity contribution in [2.75, 3.05) is 6.61 Å². The van der Waals surface area contributed by atoms with E-state index in [2.05, 4.69) is 0 Å². The number of nitro groups is 1. The van der Waals surface area contributed by atoms with Gasteiger partial charge in [-0.05, 0) is 6.07 Å². The van der Waals surface area contributed by atoms with Crippen molar-refractivity contribution in [3.05, 3.63) is 34.4 Å². The first kappa shape index (κ1) is 13.7. The minimum Gasteiger partial charge on any atom is -0.455 e. The fourth-order valence-corrected chi connectivity index (χ4v) is 1.72. The molecule has 0 radical (unpaired) electrons. The summed E-state index contributed by atoms with van der Waals surface area (Å²) in [6.45, 7) is -0.233. The van der Waals surface area contributed by atoms with E-state index in [4.69, 9.17) is 9.47 Å². The van der Waals surface area contributed by atoms with E-state index >= 15 is 0 Å². The number of benzene rings is 1. The standard InChI is InChI=1S/C11H13NO7/c13-7-5-18-11(10(15)9(7)14)19-8-4-2-1-3-6(8)12(16)17/h1-4,7,9-11,13-15H,5H2/t7-,9-,10-,11+/m1/s1. The Morgan fingerprint density at radius 2 is 1.95 bits per heavy atom. The smallest absolute Gasteiger partial charge is 0.311 e. The Bertz CT molecular complexity index is 466. The number of aliphatic hydroxyl groups is 3. The maximum absolute atomic E-state index is 10.8. The zero-order chi connectivity index (χ0) is 14.0. The van der Waals surface area contributed by atoms with Gasteiger partial charge in [-0.1, -0.05) is 12.1 Å². The van der Waals surface area contributed by atoms with Crippen LogP contribution in [0.15, 0.2) is 24.3 Å². The summed E-state index contributed by atoms with van der Waals surface area (Å²) in [5, 5.41) is 39.2. The molecule has 0 aliphatic carbocycles. The molecule has 1 aromatic carbocycles. The van der Waals surface area contributed by atoms with E-state index in [1.54, 1.807) is 0 Å². The normalized spacial score (nSPS) is 30.9. The number of nitrogens with zero attached hydrogens (tertiary/aromatic N) is 1. The van der Waals surface area contributed by atoms with Crippen LogP contribution in [0.2, 0.25) is 0 Å². The molecule has 1 aliphatic rings. The molecule has 19 heavy (non-hydrogen) atoms. The van der Waals surface area contributed by atoms with Crippen LogP contribution in [-0.4, -0.2) is 51.5 Å². The fraction of sp³-hybridized carbons (Fsp3) is 0.455. The zero-order valence-corrected chi connectivity index (χ0v) is 9.75. The van der Waals surface area contributed by atoms with Crippen molar-refractivity contribution < 1.29 is 29.7 Å². The molecule has 1 aliphatic heterocycles. The van der Waals surface area contributed by atoms with Gasteiger partial charge in [0.15, 0.2) is 5.75 Å². The number of aliphatic hydroxyl groups excluding tert-OH is 3. The molecule has 3 N–H and O–H groups in total. The second-order valence-corrected chi connectivity index (χ2v) is 4.09. The first-order valence-electron chi connectivity index (χ1n) is 5.56. The van der Waals surface area contributed by atoms with Crippen LogP contribution >= 0.6 is 0 Å². The molecule has 1 saturated heterocycles. The minimum absolute atomic E-state index is 0.0832. The van der Waals surface area contributed by atoms with Crippen LogP contribution in [0.1, 0.15) is 0 Å². The molecular weight excluding hydrogens is 258 g/mol. The maximum Gasteiger partial charge on any atom is 0.311 e. The van der Waals surface area contributed by atoms with Crippen LogP contribution in [0.5, 0.6) is 5.75 Å². The molecule has 0 amide bonds. The highest BCUT2D eigenvalue weighted by molar-refractivity contribution is 5.45. The van der Waals surface area contributed by atoms with Gasteiger partial charge in [-0.15, -0.1) is 0 Å². The molecule has 0 saturated carbocycles. The third kappa shape index (κ3) is 2.82. The van der Waals surface area contributed by atoms with Crippen LogP contribution in [0.3, 0.4) is 0 Å². The third-order valence-electron chi connectivity index (χ3n) is 2.76. The van der Waals surface area contributed by atoms with Crippen LogP contribution in [0.4, 0.5) is 5.69 Å². The van der Waals surface area contributed by atoms with Crippen molar-refractivity contribution in [3.63, 3.8) is 0 Å². The van der Waals surface area contributed by atoms with Gasteiger partial charge >= 0.3 is 5.69 Å². The molecule has 2 rings (SSSR count). The quantitative estimate of drug-likeness (QED) is 0.496. The van der Waals surface area contributed by atoms with E-state index < -0.39 is 29.5 Å². The van der Waals surface area contributed by atoms with Crippen LogP contribution in [-0.2, 0) is 4.74 Å². The van der Waals surface area contributed by atoms with Gasteiger partial charge in [0.25, 0.3) is 0 Å². The van der Waals surface area contributed by atoms with Gasteiger partial charge in [0.2, 0.25) is 6.29 Å². The lowest BCUT2D eigenvalue weighted by Crippen LogP contribution is -2.54. The van der Waals surface area contributed by atoms with Crippen molar-refractivity contribution in [2.45, 2.75) is 24.6 Å². The molecule has 8 nitrogen and oxygen atoms in total. The van der Waals surface area contributed by atoms with E-state index in [1.807, 2.05) is 0 Å². The van der Waals surface area contributed by atoms with E-state index in [-0.39, 0.29) is 18.0 Å². The van der Waals surface area contributed by atoms with Gasteiger partial charge < -0.3 is 24.8 Å². The summed E-state index contributed by atoms with van der Waals surface area (Å²) in [6.07, 6.45) is -5.43. The summed E-state index contributed by atoms with van der Waals surface area (Å²) in [7, 11) is 0. The second-order valence-electron chi connectivity index (χ2n) is 4.09. The molecule has 4 atom stereocenters. The van der Waals surface area contributed by atoms with Gasteiger partial charge in [0, 0.05) is 6.07 Å². The summed E-state index contributed by atoms with van der Waals surface area (Å²) in [6, 6.07) is 5.60. The summed E-state index contributed by atoms with van der Waals surface area (Å²) >= 11 is 0. The first-order chi connectivity index (χ1) is 9.00. The molecule has 8 heteroatoms. The monoisotopic (exact) mass is 271 g/mol. The number of nitro benzene ring substituents is 1. The highest BCUT2D eigenvalue weighted by Crippen LogP contribution is 2.29. The van der Waals surface area contributed by atoms with Crippen molar-refractivity contribution in [2.24, 2.45) is 0 Å². The molecule has 0 unspecified atom stereocenters. The predicted molar refractivity (Wildman–Crippen MR) is 61.5 cm³/mol. The van der Waals surface area contributed by atoms with Crippen molar-refractivity contribution >= 4 is 5.69 Å². The van der Waals surface area contributed by atoms with Crippen molar-refractivity contribution in [1.82, 2.24) is 0 Å². The van der Waals surface area contributed by atoms with Crippen LogP contribution in [0.25, 0.3) is 0 Å². The minimum atomic E-state index is -1.50. The summed E-state index contributed by atoms with van der Waals surface area (Å²) in [4.78, 5) is 10.2. The Morgan fingerprint density at radius 3 is 2.63 bits per heavy atom. The Kier molecular flexibility index (Phi) is 3.96. The molecule has 0 bridgehead atoms. The average molecular weight is 271 g/mol. The molecule has 1 aromatic rings. The topological polar surface area (TPSA) is 122 Å². The highest BCUT2D eigenvalue weighted by atomic mass is 16.7. The molecule has 1 heterocycles. The highest BCUT2D eigenvalue weighted by Gasteiger charge is 2.39. The SMILES string of the molecule is O=[N+]([O-])c1ccccc1O[C@@H]1OC[C@@H](O)[C@@H](O)[C@H]1O. The second kappa shape index (κ2) is 5.49. The molecule has 104 valence electrons. The van der Waals surface area contributed by atoms with Gasteiger partial charge in [-0.3, -0.25) is 10.1 Å². The van der Waals surface area contributed by atoms with E-state index in [0.29, 0.717) is 0 Å². The Morgan fingerprint density at radius 1 is 1.26 bits per heavy atom. The zero-order valence-electron chi connectivity index (χ0n) is 9.75. The summed E-state index contributed by atoms with van der Waals surface area (Å²) in [5.41, 5.74) is -0.279. The average Bonchev–Trinajstić information content (AvgIpc) is 2.40. The largest absolute Gasteiger partial charge is 0.455 e. The lowest BCUT2D eigenvalue weighted by atomic mass is 10.1. The predicted octanol–water partition coefficient (Wildman–Crippen LogP) is -0.587. The van der Waals surface area contributed by atoms with Crippen LogP contribution in [0, 0.1) is 10.1 Å².